The summed E-state index contributed by atoms with van der Waals surface area (Å²) in [5.74, 6) is 2.87. The Kier molecular flexibility index (Phi) is 4.24. The third-order valence-electron chi connectivity index (χ3n) is 4.23. The molecular formula is C18H21N5O3. The van der Waals surface area contributed by atoms with Crippen LogP contribution in [0.5, 0.6) is 11.5 Å². The van der Waals surface area contributed by atoms with Crippen LogP contribution in [-0.2, 0) is 4.79 Å². The van der Waals surface area contributed by atoms with Crippen molar-refractivity contribution in [1.82, 2.24) is 9.97 Å². The lowest BCUT2D eigenvalue weighted by atomic mass is 10.0. The van der Waals surface area contributed by atoms with E-state index in [2.05, 4.69) is 39.8 Å². The van der Waals surface area contributed by atoms with Gasteiger partial charge >= 0.3 is 0 Å². The molecular weight excluding hydrogens is 334 g/mol. The molecule has 1 aromatic heterocycles. The summed E-state index contributed by atoms with van der Waals surface area (Å²) in [6.45, 7) is 5.24. The van der Waals surface area contributed by atoms with E-state index in [1.807, 2.05) is 18.2 Å². The first kappa shape index (κ1) is 16.4. The van der Waals surface area contributed by atoms with Crippen LogP contribution in [0.3, 0.4) is 0 Å². The number of hydrogen-bond acceptors (Lipinski definition) is 7. The van der Waals surface area contributed by atoms with Crippen LogP contribution < -0.4 is 25.4 Å². The van der Waals surface area contributed by atoms with Crippen LogP contribution in [0.25, 0.3) is 0 Å². The second-order valence-corrected chi connectivity index (χ2v) is 6.75. The van der Waals surface area contributed by atoms with Gasteiger partial charge in [0, 0.05) is 11.8 Å². The fraction of sp³-hybridized carbons (Fsp3) is 0.389. The summed E-state index contributed by atoms with van der Waals surface area (Å²) in [5, 5.41) is 9.34. The standard InChI is InChI=1S/C18H21N5O3/c1-10(2)7-12-18(24)23-15-16(19-9-20-17(15)22-12)21-11-3-4-13-14(8-11)26-6-5-25-13/h3-4,8-10,12H,5-7H2,1-2H3,(H,23,24)(H2,19,20,21,22). The Labute approximate surface area is 151 Å². The van der Waals surface area contributed by atoms with Gasteiger partial charge in [-0.1, -0.05) is 13.8 Å². The van der Waals surface area contributed by atoms with E-state index in [0.717, 1.165) is 17.9 Å². The zero-order valence-corrected chi connectivity index (χ0v) is 14.7. The Bertz CT molecular complexity index is 840. The van der Waals surface area contributed by atoms with E-state index in [0.29, 0.717) is 42.2 Å². The van der Waals surface area contributed by atoms with Gasteiger partial charge in [0.1, 0.15) is 31.3 Å². The minimum atomic E-state index is -0.292. The number of rotatable bonds is 4. The Morgan fingerprint density at radius 2 is 2.04 bits per heavy atom. The quantitative estimate of drug-likeness (QED) is 0.776. The van der Waals surface area contributed by atoms with Gasteiger partial charge in [0.25, 0.3) is 0 Å². The maximum atomic E-state index is 12.4. The molecule has 0 fully saturated rings. The van der Waals surface area contributed by atoms with Crippen molar-refractivity contribution in [3.63, 3.8) is 0 Å². The molecule has 0 spiro atoms. The summed E-state index contributed by atoms with van der Waals surface area (Å²) in [6, 6.07) is 5.28. The molecule has 2 aliphatic heterocycles. The van der Waals surface area contributed by atoms with Gasteiger partial charge in [-0.15, -0.1) is 0 Å². The molecule has 1 aromatic carbocycles. The van der Waals surface area contributed by atoms with Gasteiger partial charge in [0.05, 0.1) is 0 Å². The molecule has 0 bridgehead atoms. The largest absolute Gasteiger partial charge is 0.486 e. The average molecular weight is 355 g/mol. The number of aromatic nitrogens is 2. The van der Waals surface area contributed by atoms with Gasteiger partial charge < -0.3 is 25.4 Å². The van der Waals surface area contributed by atoms with Crippen molar-refractivity contribution in [2.24, 2.45) is 5.92 Å². The molecule has 3 heterocycles. The highest BCUT2D eigenvalue weighted by atomic mass is 16.6. The molecule has 0 saturated carbocycles. The zero-order valence-electron chi connectivity index (χ0n) is 14.7. The smallest absolute Gasteiger partial charge is 0.247 e. The van der Waals surface area contributed by atoms with Gasteiger partial charge in [-0.25, -0.2) is 9.97 Å². The monoisotopic (exact) mass is 355 g/mol. The van der Waals surface area contributed by atoms with E-state index < -0.39 is 0 Å². The minimum Gasteiger partial charge on any atom is -0.486 e. The fourth-order valence-corrected chi connectivity index (χ4v) is 3.04. The summed E-state index contributed by atoms with van der Waals surface area (Å²) in [6.07, 6.45) is 2.20. The van der Waals surface area contributed by atoms with Crippen LogP contribution in [0.15, 0.2) is 24.5 Å². The van der Waals surface area contributed by atoms with Crippen molar-refractivity contribution in [2.45, 2.75) is 26.3 Å². The van der Waals surface area contributed by atoms with E-state index >= 15 is 0 Å². The summed E-state index contributed by atoms with van der Waals surface area (Å²) in [4.78, 5) is 20.9. The Balaban J connectivity index is 1.58. The number of fused-ring (bicyclic) bond motifs is 2. The molecule has 136 valence electrons. The number of amides is 1. The van der Waals surface area contributed by atoms with Gasteiger partial charge in [-0.2, -0.15) is 0 Å². The van der Waals surface area contributed by atoms with Crippen molar-refractivity contribution >= 4 is 28.9 Å². The number of hydrogen-bond donors (Lipinski definition) is 3. The maximum Gasteiger partial charge on any atom is 0.247 e. The van der Waals surface area contributed by atoms with Crippen LogP contribution in [0.1, 0.15) is 20.3 Å². The SMILES string of the molecule is CC(C)CC1Nc2ncnc(Nc3ccc4c(c3)OCCO4)c2NC1=O. The van der Waals surface area contributed by atoms with Crippen molar-refractivity contribution < 1.29 is 14.3 Å². The van der Waals surface area contributed by atoms with Crippen LogP contribution in [0.2, 0.25) is 0 Å². The third-order valence-corrected chi connectivity index (χ3v) is 4.23. The highest BCUT2D eigenvalue weighted by Crippen LogP contribution is 2.36. The average Bonchev–Trinajstić information content (AvgIpc) is 2.62. The van der Waals surface area contributed by atoms with E-state index in [4.69, 9.17) is 9.47 Å². The Morgan fingerprint density at radius 1 is 1.23 bits per heavy atom. The lowest BCUT2D eigenvalue weighted by Crippen LogP contribution is -2.40. The highest BCUT2D eigenvalue weighted by molar-refractivity contribution is 6.05. The summed E-state index contributed by atoms with van der Waals surface area (Å²) in [5.41, 5.74) is 1.33. The zero-order chi connectivity index (χ0) is 18.1. The van der Waals surface area contributed by atoms with Gasteiger partial charge in [-0.3, -0.25) is 4.79 Å². The van der Waals surface area contributed by atoms with Crippen molar-refractivity contribution in [1.29, 1.82) is 0 Å². The summed E-state index contributed by atoms with van der Waals surface area (Å²) >= 11 is 0. The first-order valence-electron chi connectivity index (χ1n) is 8.69. The topological polar surface area (TPSA) is 97.4 Å². The lowest BCUT2D eigenvalue weighted by molar-refractivity contribution is -0.117. The van der Waals surface area contributed by atoms with Crippen molar-refractivity contribution in [3.8, 4) is 11.5 Å². The fourth-order valence-electron chi connectivity index (χ4n) is 3.04. The maximum absolute atomic E-state index is 12.4. The lowest BCUT2D eigenvalue weighted by Gasteiger charge is -2.28. The van der Waals surface area contributed by atoms with Crippen LogP contribution in [0, 0.1) is 5.92 Å². The third kappa shape index (κ3) is 3.22. The summed E-state index contributed by atoms with van der Waals surface area (Å²) in [7, 11) is 0. The Morgan fingerprint density at radius 3 is 2.85 bits per heavy atom. The van der Waals surface area contributed by atoms with Gasteiger partial charge in [0.15, 0.2) is 23.1 Å². The first-order chi connectivity index (χ1) is 12.6. The number of ether oxygens (including phenoxy) is 2. The molecule has 0 aliphatic carbocycles. The van der Waals surface area contributed by atoms with Gasteiger partial charge in [-0.05, 0) is 24.5 Å². The second-order valence-electron chi connectivity index (χ2n) is 6.75. The first-order valence-corrected chi connectivity index (χ1v) is 8.69. The highest BCUT2D eigenvalue weighted by Gasteiger charge is 2.29. The van der Waals surface area contributed by atoms with E-state index in [-0.39, 0.29) is 11.9 Å². The molecule has 1 atom stereocenters. The number of benzene rings is 1. The molecule has 3 N–H and O–H groups in total. The predicted octanol–water partition coefficient (Wildman–Crippen LogP) is 2.77. The molecule has 8 nitrogen and oxygen atoms in total. The number of nitrogens with zero attached hydrogens (tertiary/aromatic N) is 2. The second kappa shape index (κ2) is 6.70. The van der Waals surface area contributed by atoms with E-state index in [9.17, 15) is 4.79 Å². The molecule has 0 radical (unpaired) electrons. The predicted molar refractivity (Wildman–Crippen MR) is 98.2 cm³/mol. The van der Waals surface area contributed by atoms with Crippen molar-refractivity contribution in [3.05, 3.63) is 24.5 Å². The number of carbonyl (C=O) groups excluding carboxylic acids is 1. The van der Waals surface area contributed by atoms with Crippen LogP contribution in [0.4, 0.5) is 23.0 Å². The normalized spacial score (nSPS) is 18.0. The molecule has 2 aliphatic rings. The van der Waals surface area contributed by atoms with Crippen LogP contribution >= 0.6 is 0 Å². The molecule has 4 rings (SSSR count). The molecule has 8 heteroatoms. The minimum absolute atomic E-state index is 0.0776. The summed E-state index contributed by atoms with van der Waals surface area (Å²) < 4.78 is 11.1. The number of nitrogens with one attached hydrogen (secondary N) is 3. The van der Waals surface area contributed by atoms with E-state index in [1.165, 1.54) is 6.33 Å². The van der Waals surface area contributed by atoms with Crippen molar-refractivity contribution in [2.75, 3.05) is 29.2 Å². The molecule has 1 amide bonds. The van der Waals surface area contributed by atoms with Gasteiger partial charge in [0.2, 0.25) is 5.91 Å². The molecule has 2 aromatic rings. The Hall–Kier alpha value is -3.03. The van der Waals surface area contributed by atoms with E-state index in [1.54, 1.807) is 0 Å². The molecule has 1 unspecified atom stereocenters. The number of anilines is 4. The van der Waals surface area contributed by atoms with Crippen LogP contribution in [-0.4, -0.2) is 35.1 Å². The molecule has 0 saturated heterocycles. The molecule has 26 heavy (non-hydrogen) atoms. The number of carbonyl (C=O) groups is 1.